The van der Waals surface area contributed by atoms with Crippen LogP contribution < -0.4 is 0 Å². The standard InChI is InChI=1S/C15H19BClN3OS/c1-16(21)20-10-2-3-11(20)7-9(6-10)12-4-5-22-13-8-14(17)18-19-15(12)13/h4,8-11,21H,2-3,5-7H2,1H3/t9?,10-,11?/m0/s1. The smallest absolute Gasteiger partial charge is 0.376 e. The Morgan fingerprint density at radius 2 is 2.05 bits per heavy atom. The minimum atomic E-state index is -0.333. The number of hydrogen-bond donors (Lipinski definition) is 1. The van der Waals surface area contributed by atoms with Crippen LogP contribution in [0.5, 0.6) is 0 Å². The molecule has 4 heterocycles. The van der Waals surface area contributed by atoms with Crippen LogP contribution in [-0.2, 0) is 0 Å². The van der Waals surface area contributed by atoms with Crippen LogP contribution in [0.3, 0.4) is 0 Å². The summed E-state index contributed by atoms with van der Waals surface area (Å²) in [5, 5.41) is 18.9. The number of thioether (sulfide) groups is 1. The van der Waals surface area contributed by atoms with E-state index in [0.29, 0.717) is 23.2 Å². The third-order valence-corrected chi connectivity index (χ3v) is 6.35. The predicted molar refractivity (Wildman–Crippen MR) is 91.0 cm³/mol. The number of rotatable bonds is 2. The van der Waals surface area contributed by atoms with Gasteiger partial charge in [-0.15, -0.1) is 22.0 Å². The lowest BCUT2D eigenvalue weighted by atomic mass is 9.75. The summed E-state index contributed by atoms with van der Waals surface area (Å²) in [4.78, 5) is 3.46. The number of hydrogen-bond acceptors (Lipinski definition) is 5. The lowest BCUT2D eigenvalue weighted by Crippen LogP contribution is -2.50. The summed E-state index contributed by atoms with van der Waals surface area (Å²) in [6.45, 7) is 1.89. The quantitative estimate of drug-likeness (QED) is 0.842. The average Bonchev–Trinajstić information content (AvgIpc) is 2.77. The van der Waals surface area contributed by atoms with Crippen molar-refractivity contribution in [3.8, 4) is 0 Å². The monoisotopic (exact) mass is 335 g/mol. The molecule has 3 aliphatic heterocycles. The maximum absolute atomic E-state index is 10.0. The van der Waals surface area contributed by atoms with Gasteiger partial charge in [0.2, 0.25) is 0 Å². The third-order valence-electron chi connectivity index (χ3n) is 5.21. The SMILES string of the molecule is CB(O)N1C2CC[C@H]1CC(C1=CCSc3cc(Cl)nnc31)C2. The van der Waals surface area contributed by atoms with Crippen LogP contribution in [0.2, 0.25) is 12.0 Å². The Balaban J connectivity index is 1.61. The average molecular weight is 336 g/mol. The lowest BCUT2D eigenvalue weighted by molar-refractivity contribution is 0.193. The van der Waals surface area contributed by atoms with E-state index in [1.165, 1.54) is 18.4 Å². The van der Waals surface area contributed by atoms with Crippen molar-refractivity contribution >= 4 is 36.0 Å². The van der Waals surface area contributed by atoms with Crippen LogP contribution >= 0.6 is 23.4 Å². The number of allylic oxidation sites excluding steroid dienone is 1. The van der Waals surface area contributed by atoms with Crippen molar-refractivity contribution in [1.29, 1.82) is 0 Å². The lowest BCUT2D eigenvalue weighted by Gasteiger charge is -2.41. The Morgan fingerprint density at radius 1 is 1.32 bits per heavy atom. The van der Waals surface area contributed by atoms with Gasteiger partial charge in [0.25, 0.3) is 0 Å². The van der Waals surface area contributed by atoms with Crippen LogP contribution in [0, 0.1) is 5.92 Å². The summed E-state index contributed by atoms with van der Waals surface area (Å²) in [5.74, 6) is 1.51. The molecule has 2 unspecified atom stereocenters. The fraction of sp³-hybridized carbons (Fsp3) is 0.600. The molecule has 3 aliphatic rings. The van der Waals surface area contributed by atoms with Gasteiger partial charge in [0.1, 0.15) is 5.69 Å². The highest BCUT2D eigenvalue weighted by molar-refractivity contribution is 7.99. The van der Waals surface area contributed by atoms with Crippen molar-refractivity contribution in [3.63, 3.8) is 0 Å². The van der Waals surface area contributed by atoms with Gasteiger partial charge in [-0.05, 0) is 50.1 Å². The molecule has 2 fully saturated rings. The Morgan fingerprint density at radius 3 is 2.73 bits per heavy atom. The van der Waals surface area contributed by atoms with Crippen molar-refractivity contribution in [2.24, 2.45) is 5.92 Å². The van der Waals surface area contributed by atoms with Gasteiger partial charge in [0.15, 0.2) is 5.15 Å². The summed E-state index contributed by atoms with van der Waals surface area (Å²) in [6.07, 6.45) is 6.95. The van der Waals surface area contributed by atoms with Crippen molar-refractivity contribution in [3.05, 3.63) is 23.0 Å². The fourth-order valence-electron chi connectivity index (χ4n) is 4.42. The topological polar surface area (TPSA) is 49.2 Å². The molecule has 1 aromatic heterocycles. The van der Waals surface area contributed by atoms with Gasteiger partial charge in [-0.2, -0.15) is 0 Å². The number of fused-ring (bicyclic) bond motifs is 3. The molecule has 0 aromatic carbocycles. The van der Waals surface area contributed by atoms with E-state index in [9.17, 15) is 5.02 Å². The van der Waals surface area contributed by atoms with E-state index in [1.807, 2.05) is 12.9 Å². The molecule has 1 N–H and O–H groups in total. The maximum Gasteiger partial charge on any atom is 0.376 e. The van der Waals surface area contributed by atoms with Crippen LogP contribution in [-0.4, -0.2) is 44.9 Å². The van der Waals surface area contributed by atoms with E-state index in [1.54, 1.807) is 11.8 Å². The first-order valence-electron chi connectivity index (χ1n) is 7.95. The van der Waals surface area contributed by atoms with Crippen LogP contribution in [0.25, 0.3) is 5.57 Å². The van der Waals surface area contributed by atoms with E-state index in [-0.39, 0.29) is 7.05 Å². The molecule has 0 radical (unpaired) electrons. The molecule has 3 atom stereocenters. The second kappa shape index (κ2) is 5.82. The molecule has 2 saturated heterocycles. The van der Waals surface area contributed by atoms with Gasteiger partial charge in [-0.25, -0.2) is 0 Å². The normalized spacial score (nSPS) is 30.9. The molecule has 4 rings (SSSR count). The van der Waals surface area contributed by atoms with E-state index in [4.69, 9.17) is 11.6 Å². The molecule has 0 spiro atoms. The number of halogens is 1. The maximum atomic E-state index is 10.0. The largest absolute Gasteiger partial charge is 0.437 e. The highest BCUT2D eigenvalue weighted by Gasteiger charge is 2.44. The molecular weight excluding hydrogens is 317 g/mol. The zero-order valence-corrected chi connectivity index (χ0v) is 14.1. The number of aromatic nitrogens is 2. The Hall–Kier alpha value is -0.555. The van der Waals surface area contributed by atoms with Crippen molar-refractivity contribution in [2.75, 3.05) is 5.75 Å². The molecule has 0 saturated carbocycles. The first-order chi connectivity index (χ1) is 10.6. The van der Waals surface area contributed by atoms with E-state index >= 15 is 0 Å². The fourth-order valence-corrected chi connectivity index (χ4v) is 5.56. The predicted octanol–water partition coefficient (Wildman–Crippen LogP) is 2.97. The Bertz CT molecular complexity index is 613. The second-order valence-electron chi connectivity index (χ2n) is 6.48. The van der Waals surface area contributed by atoms with E-state index < -0.39 is 0 Å². The molecule has 0 aliphatic carbocycles. The second-order valence-corrected chi connectivity index (χ2v) is 7.93. The third kappa shape index (κ3) is 2.50. The molecule has 0 amide bonds. The van der Waals surface area contributed by atoms with Gasteiger partial charge < -0.3 is 9.83 Å². The summed E-state index contributed by atoms with van der Waals surface area (Å²) >= 11 is 7.76. The first kappa shape index (κ1) is 15.0. The first-order valence-corrected chi connectivity index (χ1v) is 9.32. The molecule has 7 heteroatoms. The van der Waals surface area contributed by atoms with Crippen LogP contribution in [0.1, 0.15) is 31.4 Å². The van der Waals surface area contributed by atoms with Crippen LogP contribution in [0.15, 0.2) is 17.0 Å². The minimum absolute atomic E-state index is 0.333. The number of nitrogens with zero attached hydrogens (tertiary/aromatic N) is 3. The summed E-state index contributed by atoms with van der Waals surface area (Å²) in [5.41, 5.74) is 2.37. The Kier molecular flexibility index (Phi) is 3.97. The van der Waals surface area contributed by atoms with Crippen LogP contribution in [0.4, 0.5) is 0 Å². The van der Waals surface area contributed by atoms with Crippen molar-refractivity contribution in [1.82, 2.24) is 15.0 Å². The van der Waals surface area contributed by atoms with Gasteiger partial charge in [0, 0.05) is 22.7 Å². The Labute approximate surface area is 140 Å². The van der Waals surface area contributed by atoms with E-state index in [0.717, 1.165) is 29.2 Å². The highest BCUT2D eigenvalue weighted by atomic mass is 35.5. The summed E-state index contributed by atoms with van der Waals surface area (Å²) in [6, 6.07) is 2.94. The molecule has 2 bridgehead atoms. The molecule has 4 nitrogen and oxygen atoms in total. The van der Waals surface area contributed by atoms with E-state index in [2.05, 4.69) is 21.1 Å². The zero-order chi connectivity index (χ0) is 15.3. The highest BCUT2D eigenvalue weighted by Crippen LogP contribution is 2.46. The van der Waals surface area contributed by atoms with Crippen molar-refractivity contribution in [2.45, 2.75) is 49.5 Å². The minimum Gasteiger partial charge on any atom is -0.437 e. The van der Waals surface area contributed by atoms with Gasteiger partial charge >= 0.3 is 7.05 Å². The van der Waals surface area contributed by atoms with Gasteiger partial charge in [-0.1, -0.05) is 17.7 Å². The molecular formula is C15H19BClN3OS. The van der Waals surface area contributed by atoms with Gasteiger partial charge in [-0.3, -0.25) is 0 Å². The molecule has 116 valence electrons. The zero-order valence-electron chi connectivity index (χ0n) is 12.6. The van der Waals surface area contributed by atoms with Crippen molar-refractivity contribution < 1.29 is 5.02 Å². The van der Waals surface area contributed by atoms with Gasteiger partial charge in [0.05, 0.1) is 0 Å². The summed E-state index contributed by atoms with van der Waals surface area (Å²) in [7, 11) is -0.333. The molecule has 1 aromatic rings. The number of piperidine rings is 1. The summed E-state index contributed by atoms with van der Waals surface area (Å²) < 4.78 is 0. The molecule has 22 heavy (non-hydrogen) atoms.